The highest BCUT2D eigenvalue weighted by molar-refractivity contribution is 6.08. The number of aromatic nitrogens is 1. The molecule has 4 fully saturated rings. The van der Waals surface area contributed by atoms with Crippen LogP contribution in [0, 0.1) is 5.82 Å². The topological polar surface area (TPSA) is 74.0 Å². The molecule has 2 aromatic heterocycles. The zero-order valence-corrected chi connectivity index (χ0v) is 23.8. The standard InChI is InChI=1S/C33H36F2N4O3/c1-2-24-28(35)7-4-19-10-23(40)11-25(30(19)24)27-17-41-31-26(27)12-29(37-32(31)38-15-21-5-6-22(16-38)36-21)42-18-33-8-3-9-39(33)14-20(34)13-33/h4,7,10-12,17,20-22,36,40H,2-3,5-6,8-9,13-16,18H2,1H3/t20-,21?,22?,33+/m1/s1. The van der Waals surface area contributed by atoms with Crippen LogP contribution in [0.15, 0.2) is 41.0 Å². The Bertz CT molecular complexity index is 1680. The first-order valence-corrected chi connectivity index (χ1v) is 15.3. The first-order chi connectivity index (χ1) is 20.4. The molecule has 220 valence electrons. The number of nitrogens with one attached hydrogen (secondary N) is 1. The van der Waals surface area contributed by atoms with Gasteiger partial charge < -0.3 is 24.5 Å². The van der Waals surface area contributed by atoms with Gasteiger partial charge in [-0.05, 0) is 78.7 Å². The Morgan fingerprint density at radius 2 is 1.98 bits per heavy atom. The highest BCUT2D eigenvalue weighted by Gasteiger charge is 2.49. The second-order valence-electron chi connectivity index (χ2n) is 12.7. The molecule has 2 aromatic carbocycles. The number of furan rings is 1. The van der Waals surface area contributed by atoms with Crippen LogP contribution in [0.5, 0.6) is 11.6 Å². The van der Waals surface area contributed by atoms with Gasteiger partial charge in [0, 0.05) is 55.2 Å². The molecule has 4 aliphatic rings. The fourth-order valence-electron chi connectivity index (χ4n) is 8.18. The number of nitrogens with zero attached hydrogens (tertiary/aromatic N) is 3. The van der Waals surface area contributed by atoms with E-state index in [-0.39, 0.29) is 17.1 Å². The predicted octanol–water partition coefficient (Wildman–Crippen LogP) is 5.95. The summed E-state index contributed by atoms with van der Waals surface area (Å²) in [6.45, 7) is 5.32. The Morgan fingerprint density at radius 3 is 2.79 bits per heavy atom. The number of phenols is 1. The maximum Gasteiger partial charge on any atom is 0.216 e. The molecule has 0 amide bonds. The minimum absolute atomic E-state index is 0.104. The van der Waals surface area contributed by atoms with Crippen LogP contribution in [0.2, 0.25) is 0 Å². The molecule has 4 aliphatic heterocycles. The van der Waals surface area contributed by atoms with Crippen molar-refractivity contribution in [1.82, 2.24) is 15.2 Å². The zero-order chi connectivity index (χ0) is 28.6. The van der Waals surface area contributed by atoms with E-state index < -0.39 is 6.17 Å². The van der Waals surface area contributed by atoms with Gasteiger partial charge in [0.05, 0.1) is 11.8 Å². The smallest absolute Gasteiger partial charge is 0.216 e. The van der Waals surface area contributed by atoms with Crippen molar-refractivity contribution in [2.45, 2.75) is 69.2 Å². The predicted molar refractivity (Wildman–Crippen MR) is 159 cm³/mol. The Kier molecular flexibility index (Phi) is 6.12. The first kappa shape index (κ1) is 26.2. The lowest BCUT2D eigenvalue weighted by Crippen LogP contribution is -2.51. The number of phenolic OH excluding ortho intramolecular Hbond substituents is 1. The lowest BCUT2D eigenvalue weighted by Gasteiger charge is -2.34. The molecule has 6 heterocycles. The van der Waals surface area contributed by atoms with Crippen LogP contribution in [0.25, 0.3) is 32.9 Å². The Balaban J connectivity index is 1.27. The van der Waals surface area contributed by atoms with E-state index in [4.69, 9.17) is 14.1 Å². The number of pyridine rings is 1. The molecule has 9 heteroatoms. The number of benzene rings is 2. The summed E-state index contributed by atoms with van der Waals surface area (Å²) in [6, 6.07) is 9.22. The van der Waals surface area contributed by atoms with E-state index in [2.05, 4.69) is 15.1 Å². The van der Waals surface area contributed by atoms with Gasteiger partial charge in [-0.15, -0.1) is 0 Å². The fourth-order valence-corrected chi connectivity index (χ4v) is 8.18. The molecule has 0 aliphatic carbocycles. The van der Waals surface area contributed by atoms with E-state index in [1.807, 2.05) is 13.0 Å². The van der Waals surface area contributed by atoms with Crippen molar-refractivity contribution in [3.63, 3.8) is 0 Å². The van der Waals surface area contributed by atoms with Crippen LogP contribution < -0.4 is 15.0 Å². The van der Waals surface area contributed by atoms with Gasteiger partial charge in [-0.2, -0.15) is 4.98 Å². The average Bonchev–Trinajstić information content (AvgIpc) is 3.73. The summed E-state index contributed by atoms with van der Waals surface area (Å²) in [5.41, 5.74) is 2.42. The molecule has 4 atom stereocenters. The number of halogens is 2. The van der Waals surface area contributed by atoms with E-state index in [0.29, 0.717) is 60.7 Å². The number of fused-ring (bicyclic) bond motifs is 5. The summed E-state index contributed by atoms with van der Waals surface area (Å²) >= 11 is 0. The number of ether oxygens (including phenoxy) is 1. The molecular formula is C33H36F2N4O3. The molecule has 7 nitrogen and oxygen atoms in total. The molecule has 2 bridgehead atoms. The van der Waals surface area contributed by atoms with Gasteiger partial charge in [0.1, 0.15) is 24.3 Å². The van der Waals surface area contributed by atoms with Crippen LogP contribution in [-0.4, -0.2) is 71.6 Å². The van der Waals surface area contributed by atoms with E-state index in [1.165, 1.54) is 6.07 Å². The van der Waals surface area contributed by atoms with E-state index in [0.717, 1.165) is 72.9 Å². The second kappa shape index (κ2) is 9.81. The van der Waals surface area contributed by atoms with Crippen molar-refractivity contribution in [2.24, 2.45) is 0 Å². The number of aryl methyl sites for hydroxylation is 1. The van der Waals surface area contributed by atoms with E-state index in [1.54, 1.807) is 24.5 Å². The highest BCUT2D eigenvalue weighted by Crippen LogP contribution is 2.44. The Labute approximate surface area is 243 Å². The average molecular weight is 575 g/mol. The van der Waals surface area contributed by atoms with Crippen molar-refractivity contribution in [1.29, 1.82) is 0 Å². The minimum atomic E-state index is -0.830. The number of anilines is 1. The number of hydrogen-bond acceptors (Lipinski definition) is 7. The SMILES string of the molecule is CCc1c(F)ccc2cc(O)cc(-c3coc4c(N5CC6CCC(C5)N6)nc(OC[C@@]56CCCN5C[C@H](F)C6)cc34)c12. The van der Waals surface area contributed by atoms with Crippen LogP contribution in [0.4, 0.5) is 14.6 Å². The van der Waals surface area contributed by atoms with Gasteiger partial charge in [0.15, 0.2) is 11.4 Å². The summed E-state index contributed by atoms with van der Waals surface area (Å²) in [5, 5.41) is 16.7. The summed E-state index contributed by atoms with van der Waals surface area (Å²) < 4.78 is 42.3. The largest absolute Gasteiger partial charge is 0.508 e. The van der Waals surface area contributed by atoms with Gasteiger partial charge in [-0.1, -0.05) is 13.0 Å². The molecule has 2 N–H and O–H groups in total. The zero-order valence-electron chi connectivity index (χ0n) is 23.8. The van der Waals surface area contributed by atoms with Gasteiger partial charge >= 0.3 is 0 Å². The second-order valence-corrected chi connectivity index (χ2v) is 12.7. The summed E-state index contributed by atoms with van der Waals surface area (Å²) in [5.74, 6) is 1.04. The van der Waals surface area contributed by atoms with Crippen LogP contribution in [-0.2, 0) is 6.42 Å². The number of piperazine rings is 1. The molecule has 4 saturated heterocycles. The number of aromatic hydroxyl groups is 1. The third kappa shape index (κ3) is 4.15. The Morgan fingerprint density at radius 1 is 1.14 bits per heavy atom. The van der Waals surface area contributed by atoms with E-state index in [9.17, 15) is 9.50 Å². The molecule has 42 heavy (non-hydrogen) atoms. The van der Waals surface area contributed by atoms with Crippen LogP contribution in [0.1, 0.15) is 44.6 Å². The van der Waals surface area contributed by atoms with Gasteiger partial charge in [-0.25, -0.2) is 8.78 Å². The van der Waals surface area contributed by atoms with E-state index >= 15 is 4.39 Å². The fraction of sp³-hybridized carbons (Fsp3) is 0.485. The number of alkyl halides is 1. The van der Waals surface area contributed by atoms with Crippen molar-refractivity contribution >= 4 is 27.6 Å². The molecule has 0 spiro atoms. The molecule has 8 rings (SSSR count). The molecular weight excluding hydrogens is 538 g/mol. The summed E-state index contributed by atoms with van der Waals surface area (Å²) in [6.07, 6.45) is 6.09. The van der Waals surface area contributed by atoms with Crippen molar-refractivity contribution in [3.05, 3.63) is 48.0 Å². The number of hydrogen-bond donors (Lipinski definition) is 2. The maximum absolute atomic E-state index is 15.0. The molecule has 2 unspecified atom stereocenters. The lowest BCUT2D eigenvalue weighted by molar-refractivity contribution is 0.111. The molecule has 0 radical (unpaired) electrons. The Hall–Kier alpha value is -3.43. The monoisotopic (exact) mass is 574 g/mol. The maximum atomic E-state index is 15.0. The van der Waals surface area contributed by atoms with Crippen molar-refractivity contribution < 1.29 is 23.0 Å². The first-order valence-electron chi connectivity index (χ1n) is 15.3. The van der Waals surface area contributed by atoms with Crippen LogP contribution in [0.3, 0.4) is 0 Å². The summed E-state index contributed by atoms with van der Waals surface area (Å²) in [7, 11) is 0. The summed E-state index contributed by atoms with van der Waals surface area (Å²) in [4.78, 5) is 9.54. The number of rotatable bonds is 6. The normalized spacial score (nSPS) is 27.4. The quantitative estimate of drug-likeness (QED) is 0.295. The highest BCUT2D eigenvalue weighted by atomic mass is 19.1. The molecule has 0 saturated carbocycles. The van der Waals surface area contributed by atoms with Crippen molar-refractivity contribution in [2.75, 3.05) is 37.7 Å². The van der Waals surface area contributed by atoms with Gasteiger partial charge in [0.25, 0.3) is 0 Å². The molecule has 4 aromatic rings. The minimum Gasteiger partial charge on any atom is -0.508 e. The third-order valence-electron chi connectivity index (χ3n) is 10.1. The van der Waals surface area contributed by atoms with Gasteiger partial charge in [0.2, 0.25) is 5.88 Å². The van der Waals surface area contributed by atoms with Crippen LogP contribution >= 0.6 is 0 Å². The lowest BCUT2D eigenvalue weighted by atomic mass is 9.92. The third-order valence-corrected chi connectivity index (χ3v) is 10.1. The van der Waals surface area contributed by atoms with Crippen molar-refractivity contribution in [3.8, 4) is 22.8 Å². The van der Waals surface area contributed by atoms with Gasteiger partial charge in [-0.3, -0.25) is 4.90 Å².